The quantitative estimate of drug-likeness (QED) is 0.493. The van der Waals surface area contributed by atoms with Gasteiger partial charge in [-0.2, -0.15) is 13.2 Å². The van der Waals surface area contributed by atoms with Crippen molar-refractivity contribution in [2.24, 2.45) is 0 Å². The Kier molecular flexibility index (Phi) is 5.61. The van der Waals surface area contributed by atoms with Gasteiger partial charge >= 0.3 is 6.18 Å². The fourth-order valence-electron chi connectivity index (χ4n) is 3.11. The standard InChI is InChI=1S/C22H14F3N5O3/c23-22(24,25)13-4-3-5-14(10-13)28-19(31)17-12-30(21(33)16-7-2-1-6-15(16)17)29-20(32)18-11-26-8-9-27-18/h1-12H,(H,28,31)(H,29,32). The van der Waals surface area contributed by atoms with Crippen LogP contribution in [-0.2, 0) is 6.18 Å². The number of hydrogen-bond acceptors (Lipinski definition) is 5. The molecule has 166 valence electrons. The molecule has 0 aliphatic carbocycles. The summed E-state index contributed by atoms with van der Waals surface area (Å²) in [5.41, 5.74) is 0.618. The van der Waals surface area contributed by atoms with Crippen molar-refractivity contribution >= 4 is 28.3 Å². The number of fused-ring (bicyclic) bond motifs is 1. The zero-order valence-electron chi connectivity index (χ0n) is 16.6. The summed E-state index contributed by atoms with van der Waals surface area (Å²) in [6, 6.07) is 10.3. The first kappa shape index (κ1) is 21.7. The minimum absolute atomic E-state index is 0.0398. The van der Waals surface area contributed by atoms with Crippen LogP contribution < -0.4 is 16.3 Å². The molecule has 0 spiro atoms. The zero-order chi connectivity index (χ0) is 23.6. The number of anilines is 1. The highest BCUT2D eigenvalue weighted by Crippen LogP contribution is 2.30. The molecule has 0 unspecified atom stereocenters. The molecule has 0 atom stereocenters. The van der Waals surface area contributed by atoms with E-state index < -0.39 is 29.1 Å². The minimum atomic E-state index is -4.58. The first-order valence-corrected chi connectivity index (χ1v) is 9.44. The molecule has 0 fully saturated rings. The van der Waals surface area contributed by atoms with Crippen molar-refractivity contribution < 1.29 is 22.8 Å². The molecule has 4 rings (SSSR count). The summed E-state index contributed by atoms with van der Waals surface area (Å²) in [5.74, 6) is -1.52. The molecule has 0 radical (unpaired) electrons. The number of amides is 2. The number of alkyl halides is 3. The van der Waals surface area contributed by atoms with Crippen LogP contribution >= 0.6 is 0 Å². The van der Waals surface area contributed by atoms with Crippen molar-refractivity contribution in [1.29, 1.82) is 0 Å². The number of hydrogen-bond donors (Lipinski definition) is 2. The van der Waals surface area contributed by atoms with E-state index in [0.717, 1.165) is 23.0 Å². The van der Waals surface area contributed by atoms with Crippen LogP contribution in [0.25, 0.3) is 10.8 Å². The van der Waals surface area contributed by atoms with Gasteiger partial charge in [0, 0.05) is 35.1 Å². The molecule has 2 aromatic heterocycles. The van der Waals surface area contributed by atoms with Gasteiger partial charge in [-0.25, -0.2) is 9.66 Å². The maximum Gasteiger partial charge on any atom is 0.416 e. The molecule has 11 heteroatoms. The Morgan fingerprint density at radius 2 is 1.70 bits per heavy atom. The number of nitrogens with zero attached hydrogens (tertiary/aromatic N) is 3. The molecule has 8 nitrogen and oxygen atoms in total. The fourth-order valence-corrected chi connectivity index (χ4v) is 3.11. The summed E-state index contributed by atoms with van der Waals surface area (Å²) in [7, 11) is 0. The van der Waals surface area contributed by atoms with E-state index in [1.807, 2.05) is 0 Å². The smallest absolute Gasteiger partial charge is 0.322 e. The lowest BCUT2D eigenvalue weighted by Crippen LogP contribution is -2.34. The van der Waals surface area contributed by atoms with E-state index in [4.69, 9.17) is 0 Å². The summed E-state index contributed by atoms with van der Waals surface area (Å²) in [6.07, 6.45) is 0.386. The second-order valence-corrected chi connectivity index (χ2v) is 6.83. The van der Waals surface area contributed by atoms with Crippen LogP contribution in [0.5, 0.6) is 0 Å². The summed E-state index contributed by atoms with van der Waals surface area (Å²) in [5, 5.41) is 2.79. The zero-order valence-corrected chi connectivity index (χ0v) is 16.6. The normalized spacial score (nSPS) is 11.2. The van der Waals surface area contributed by atoms with Crippen LogP contribution in [0.1, 0.15) is 26.4 Å². The highest BCUT2D eigenvalue weighted by molar-refractivity contribution is 6.12. The lowest BCUT2D eigenvalue weighted by atomic mass is 10.1. The van der Waals surface area contributed by atoms with Crippen molar-refractivity contribution in [3.05, 3.63) is 100 Å². The first-order chi connectivity index (χ1) is 15.7. The predicted octanol–water partition coefficient (Wildman–Crippen LogP) is 3.45. The number of benzene rings is 2. The molecule has 0 saturated carbocycles. The Hall–Kier alpha value is -4.54. The molecular weight excluding hydrogens is 439 g/mol. The lowest BCUT2D eigenvalue weighted by molar-refractivity contribution is -0.137. The molecule has 33 heavy (non-hydrogen) atoms. The SMILES string of the molecule is O=C(Nn1cc(C(=O)Nc2cccc(C(F)(F)F)c2)c2ccccc2c1=O)c1cnccn1. The van der Waals surface area contributed by atoms with Crippen molar-refractivity contribution in [1.82, 2.24) is 14.6 Å². The Bertz CT molecular complexity index is 1420. The highest BCUT2D eigenvalue weighted by Gasteiger charge is 2.30. The van der Waals surface area contributed by atoms with E-state index in [2.05, 4.69) is 20.7 Å². The van der Waals surface area contributed by atoms with Gasteiger partial charge in [0.2, 0.25) is 0 Å². The molecule has 0 aliphatic heterocycles. The highest BCUT2D eigenvalue weighted by atomic mass is 19.4. The molecular formula is C22H14F3N5O3. The molecule has 0 aliphatic rings. The Morgan fingerprint density at radius 1 is 0.939 bits per heavy atom. The molecule has 2 N–H and O–H groups in total. The van der Waals surface area contributed by atoms with Gasteiger partial charge in [-0.3, -0.25) is 24.8 Å². The topological polar surface area (TPSA) is 106 Å². The van der Waals surface area contributed by atoms with Crippen molar-refractivity contribution in [2.45, 2.75) is 6.18 Å². The minimum Gasteiger partial charge on any atom is -0.322 e. The largest absolute Gasteiger partial charge is 0.416 e. The number of carbonyl (C=O) groups is 2. The van der Waals surface area contributed by atoms with Gasteiger partial charge in [-0.05, 0) is 24.3 Å². The van der Waals surface area contributed by atoms with Gasteiger partial charge in [0.05, 0.1) is 17.3 Å². The van der Waals surface area contributed by atoms with Gasteiger partial charge in [0.1, 0.15) is 5.69 Å². The number of halogens is 3. The van der Waals surface area contributed by atoms with E-state index in [1.54, 1.807) is 12.1 Å². The van der Waals surface area contributed by atoms with Crippen LogP contribution in [0.2, 0.25) is 0 Å². The third-order valence-electron chi connectivity index (χ3n) is 4.63. The van der Waals surface area contributed by atoms with Crippen LogP contribution in [0.3, 0.4) is 0 Å². The third-order valence-corrected chi connectivity index (χ3v) is 4.63. The van der Waals surface area contributed by atoms with E-state index in [1.165, 1.54) is 42.9 Å². The number of rotatable bonds is 4. The van der Waals surface area contributed by atoms with Crippen molar-refractivity contribution in [3.63, 3.8) is 0 Å². The van der Waals surface area contributed by atoms with Crippen LogP contribution in [-0.4, -0.2) is 26.5 Å². The predicted molar refractivity (Wildman–Crippen MR) is 113 cm³/mol. The lowest BCUT2D eigenvalue weighted by Gasteiger charge is -2.14. The number of nitrogens with one attached hydrogen (secondary N) is 2. The van der Waals surface area contributed by atoms with E-state index in [0.29, 0.717) is 0 Å². The Balaban J connectivity index is 1.73. The van der Waals surface area contributed by atoms with Gasteiger partial charge < -0.3 is 5.32 Å². The third kappa shape index (κ3) is 4.56. The molecule has 0 saturated heterocycles. The maximum absolute atomic E-state index is 13.0. The first-order valence-electron chi connectivity index (χ1n) is 9.44. The number of carbonyl (C=O) groups excluding carboxylic acids is 2. The van der Waals surface area contributed by atoms with Crippen LogP contribution in [0.15, 0.2) is 78.1 Å². The van der Waals surface area contributed by atoms with Gasteiger partial charge in [0.25, 0.3) is 17.4 Å². The molecule has 4 aromatic rings. The average molecular weight is 453 g/mol. The van der Waals surface area contributed by atoms with Gasteiger partial charge in [-0.1, -0.05) is 24.3 Å². The van der Waals surface area contributed by atoms with Crippen molar-refractivity contribution in [2.75, 3.05) is 10.7 Å². The van der Waals surface area contributed by atoms with Crippen LogP contribution in [0, 0.1) is 0 Å². The second-order valence-electron chi connectivity index (χ2n) is 6.83. The second kappa shape index (κ2) is 8.54. The molecule has 2 heterocycles. The summed E-state index contributed by atoms with van der Waals surface area (Å²) in [6.45, 7) is 0. The van der Waals surface area contributed by atoms with E-state index in [-0.39, 0.29) is 27.7 Å². The van der Waals surface area contributed by atoms with E-state index in [9.17, 15) is 27.6 Å². The summed E-state index contributed by atoms with van der Waals surface area (Å²) >= 11 is 0. The molecule has 2 amide bonds. The fraction of sp³-hybridized carbons (Fsp3) is 0.0455. The summed E-state index contributed by atoms with van der Waals surface area (Å²) in [4.78, 5) is 45.9. The summed E-state index contributed by atoms with van der Waals surface area (Å²) < 4.78 is 39.8. The Labute approximate surface area is 183 Å². The van der Waals surface area contributed by atoms with Gasteiger partial charge in [-0.15, -0.1) is 0 Å². The molecule has 2 aromatic carbocycles. The van der Waals surface area contributed by atoms with Crippen molar-refractivity contribution in [3.8, 4) is 0 Å². The van der Waals surface area contributed by atoms with E-state index >= 15 is 0 Å². The Morgan fingerprint density at radius 3 is 2.39 bits per heavy atom. The van der Waals surface area contributed by atoms with Gasteiger partial charge in [0.15, 0.2) is 0 Å². The number of aromatic nitrogens is 3. The maximum atomic E-state index is 13.0. The monoisotopic (exact) mass is 453 g/mol. The number of pyridine rings is 1. The van der Waals surface area contributed by atoms with Crippen LogP contribution in [0.4, 0.5) is 18.9 Å². The molecule has 0 bridgehead atoms. The average Bonchev–Trinajstić information content (AvgIpc) is 2.81.